The van der Waals surface area contributed by atoms with Gasteiger partial charge in [-0.15, -0.1) is 0 Å². The van der Waals surface area contributed by atoms with Crippen molar-refractivity contribution in [2.45, 2.75) is 25.2 Å². The van der Waals surface area contributed by atoms with Crippen LogP contribution in [0.3, 0.4) is 0 Å². The summed E-state index contributed by atoms with van der Waals surface area (Å²) in [6.07, 6.45) is 0.266. The molecule has 1 unspecified atom stereocenters. The van der Waals surface area contributed by atoms with Crippen LogP contribution >= 0.6 is 11.8 Å². The van der Waals surface area contributed by atoms with Gasteiger partial charge in [-0.3, -0.25) is 9.79 Å². The SMILES string of the molecule is CC1CN=C(N2CCN(C(=O)Cc3ccc(OC(F)F)cc3)CC2)S1. The fourth-order valence-corrected chi connectivity index (χ4v) is 3.85. The van der Waals surface area contributed by atoms with Gasteiger partial charge in [0.1, 0.15) is 5.75 Å². The van der Waals surface area contributed by atoms with Crippen LogP contribution < -0.4 is 4.74 Å². The van der Waals surface area contributed by atoms with E-state index in [0.717, 1.165) is 30.4 Å². The van der Waals surface area contributed by atoms with Gasteiger partial charge in [-0.05, 0) is 17.7 Å². The molecular weight excluding hydrogens is 348 g/mol. The van der Waals surface area contributed by atoms with Crippen molar-refractivity contribution >= 4 is 22.8 Å². The number of carbonyl (C=O) groups is 1. The molecule has 0 bridgehead atoms. The summed E-state index contributed by atoms with van der Waals surface area (Å²) in [5.41, 5.74) is 0.790. The van der Waals surface area contributed by atoms with E-state index in [1.54, 1.807) is 23.9 Å². The fourth-order valence-electron chi connectivity index (χ4n) is 2.86. The molecule has 1 aromatic carbocycles. The molecule has 2 heterocycles. The third kappa shape index (κ3) is 4.84. The first-order chi connectivity index (χ1) is 12.0. The number of hydrogen-bond donors (Lipinski definition) is 0. The van der Waals surface area contributed by atoms with E-state index in [9.17, 15) is 13.6 Å². The Morgan fingerprint density at radius 2 is 1.96 bits per heavy atom. The van der Waals surface area contributed by atoms with E-state index in [1.165, 1.54) is 12.1 Å². The first-order valence-corrected chi connectivity index (χ1v) is 9.17. The maximum absolute atomic E-state index is 12.4. The van der Waals surface area contributed by atoms with E-state index in [-0.39, 0.29) is 18.1 Å². The Morgan fingerprint density at radius 1 is 1.28 bits per heavy atom. The molecule has 2 aliphatic heterocycles. The van der Waals surface area contributed by atoms with Crippen LogP contribution in [0.1, 0.15) is 12.5 Å². The largest absolute Gasteiger partial charge is 0.435 e. The Morgan fingerprint density at radius 3 is 2.52 bits per heavy atom. The summed E-state index contributed by atoms with van der Waals surface area (Å²) in [7, 11) is 0. The molecule has 0 spiro atoms. The summed E-state index contributed by atoms with van der Waals surface area (Å²) >= 11 is 1.80. The molecular formula is C17H21F2N3O2S. The van der Waals surface area contributed by atoms with Gasteiger partial charge in [0.15, 0.2) is 5.17 Å². The molecule has 1 amide bonds. The Labute approximate surface area is 150 Å². The first-order valence-electron chi connectivity index (χ1n) is 8.29. The minimum absolute atomic E-state index is 0.0524. The number of amides is 1. The Bertz CT molecular complexity index is 631. The van der Waals surface area contributed by atoms with Gasteiger partial charge in [-0.2, -0.15) is 8.78 Å². The minimum atomic E-state index is -2.84. The molecule has 2 aliphatic rings. The summed E-state index contributed by atoms with van der Waals surface area (Å²) in [6, 6.07) is 6.22. The third-order valence-corrected chi connectivity index (χ3v) is 5.35. The predicted octanol–water partition coefficient (Wildman–Crippen LogP) is 2.47. The maximum atomic E-state index is 12.4. The summed E-state index contributed by atoms with van der Waals surface area (Å²) in [5.74, 6) is 0.153. The highest BCUT2D eigenvalue weighted by Gasteiger charge is 2.26. The lowest BCUT2D eigenvalue weighted by molar-refractivity contribution is -0.131. The average Bonchev–Trinajstić information content (AvgIpc) is 3.03. The van der Waals surface area contributed by atoms with Gasteiger partial charge in [0.25, 0.3) is 0 Å². The number of benzene rings is 1. The third-order valence-electron chi connectivity index (χ3n) is 4.20. The highest BCUT2D eigenvalue weighted by Crippen LogP contribution is 2.24. The second-order valence-corrected chi connectivity index (χ2v) is 7.52. The van der Waals surface area contributed by atoms with Crippen molar-refractivity contribution in [3.8, 4) is 5.75 Å². The lowest BCUT2D eigenvalue weighted by Crippen LogP contribution is -2.50. The molecule has 0 saturated carbocycles. The van der Waals surface area contributed by atoms with E-state index < -0.39 is 6.61 Å². The van der Waals surface area contributed by atoms with Gasteiger partial charge in [0, 0.05) is 31.4 Å². The number of amidine groups is 1. The van der Waals surface area contributed by atoms with Crippen LogP contribution in [0.5, 0.6) is 5.75 Å². The van der Waals surface area contributed by atoms with Crippen molar-refractivity contribution < 1.29 is 18.3 Å². The van der Waals surface area contributed by atoms with Crippen LogP contribution in [0.2, 0.25) is 0 Å². The molecule has 3 rings (SSSR count). The Kier molecular flexibility index (Phi) is 5.78. The zero-order valence-corrected chi connectivity index (χ0v) is 14.8. The van der Waals surface area contributed by atoms with E-state index in [4.69, 9.17) is 0 Å². The van der Waals surface area contributed by atoms with Crippen molar-refractivity contribution in [2.24, 2.45) is 4.99 Å². The zero-order chi connectivity index (χ0) is 17.8. The van der Waals surface area contributed by atoms with Crippen LogP contribution in [0, 0.1) is 0 Å². The van der Waals surface area contributed by atoms with Crippen molar-refractivity contribution in [3.05, 3.63) is 29.8 Å². The van der Waals surface area contributed by atoms with E-state index in [0.29, 0.717) is 18.3 Å². The van der Waals surface area contributed by atoms with Gasteiger partial charge < -0.3 is 14.5 Å². The molecule has 0 aromatic heterocycles. The summed E-state index contributed by atoms with van der Waals surface area (Å²) in [4.78, 5) is 21.1. The molecule has 1 fully saturated rings. The molecule has 1 aromatic rings. The molecule has 25 heavy (non-hydrogen) atoms. The van der Waals surface area contributed by atoms with Gasteiger partial charge in [-0.1, -0.05) is 30.8 Å². The normalized spacial score (nSPS) is 20.8. The second-order valence-electron chi connectivity index (χ2n) is 6.12. The van der Waals surface area contributed by atoms with Gasteiger partial charge in [0.2, 0.25) is 5.91 Å². The Balaban J connectivity index is 1.48. The molecule has 0 radical (unpaired) electrons. The van der Waals surface area contributed by atoms with Crippen molar-refractivity contribution in [1.29, 1.82) is 0 Å². The van der Waals surface area contributed by atoms with Crippen LogP contribution in [0.15, 0.2) is 29.3 Å². The van der Waals surface area contributed by atoms with E-state index in [1.807, 2.05) is 4.90 Å². The number of alkyl halides is 2. The summed E-state index contributed by atoms with van der Waals surface area (Å²) < 4.78 is 28.6. The number of ether oxygens (including phenoxy) is 1. The topological polar surface area (TPSA) is 45.1 Å². The molecule has 1 atom stereocenters. The number of carbonyl (C=O) groups excluding carboxylic acids is 1. The zero-order valence-electron chi connectivity index (χ0n) is 14.0. The number of nitrogens with zero attached hydrogens (tertiary/aromatic N) is 3. The van der Waals surface area contributed by atoms with Crippen LogP contribution in [-0.2, 0) is 11.2 Å². The van der Waals surface area contributed by atoms with Gasteiger partial charge in [-0.25, -0.2) is 0 Å². The smallest absolute Gasteiger partial charge is 0.387 e. The van der Waals surface area contributed by atoms with Crippen molar-refractivity contribution in [3.63, 3.8) is 0 Å². The fraction of sp³-hybridized carbons (Fsp3) is 0.529. The van der Waals surface area contributed by atoms with Crippen LogP contribution in [0.25, 0.3) is 0 Å². The number of hydrogen-bond acceptors (Lipinski definition) is 5. The summed E-state index contributed by atoms with van der Waals surface area (Å²) in [6.45, 7) is 3.15. The summed E-state index contributed by atoms with van der Waals surface area (Å²) in [5, 5.41) is 1.63. The number of rotatable bonds is 4. The quantitative estimate of drug-likeness (QED) is 0.818. The number of thioether (sulfide) groups is 1. The molecule has 8 heteroatoms. The lowest BCUT2D eigenvalue weighted by atomic mass is 10.1. The van der Waals surface area contributed by atoms with Gasteiger partial charge >= 0.3 is 6.61 Å². The highest BCUT2D eigenvalue weighted by atomic mass is 32.2. The Hall–Kier alpha value is -1.83. The molecule has 136 valence electrons. The standard InChI is InChI=1S/C17H21F2N3O2S/c1-12-11-20-17(25-12)22-8-6-21(7-9-22)15(23)10-13-2-4-14(5-3-13)24-16(18)19/h2-5,12,16H,6-11H2,1H3. The number of aliphatic imine (C=N–C) groups is 1. The lowest BCUT2D eigenvalue weighted by Gasteiger charge is -2.35. The first kappa shape index (κ1) is 18.0. The van der Waals surface area contributed by atoms with Crippen LogP contribution in [-0.4, -0.2) is 65.5 Å². The van der Waals surface area contributed by atoms with E-state index >= 15 is 0 Å². The monoisotopic (exact) mass is 369 g/mol. The predicted molar refractivity (Wildman–Crippen MR) is 94.3 cm³/mol. The number of piperazine rings is 1. The maximum Gasteiger partial charge on any atom is 0.387 e. The molecule has 5 nitrogen and oxygen atoms in total. The molecule has 0 N–H and O–H groups in total. The highest BCUT2D eigenvalue weighted by molar-refractivity contribution is 8.14. The van der Waals surface area contributed by atoms with Crippen LogP contribution in [0.4, 0.5) is 8.78 Å². The average molecular weight is 369 g/mol. The second kappa shape index (κ2) is 8.03. The number of halogens is 2. The molecule has 0 aliphatic carbocycles. The minimum Gasteiger partial charge on any atom is -0.435 e. The van der Waals surface area contributed by atoms with Crippen molar-refractivity contribution in [1.82, 2.24) is 9.80 Å². The van der Waals surface area contributed by atoms with Crippen molar-refractivity contribution in [2.75, 3.05) is 32.7 Å². The van der Waals surface area contributed by atoms with Gasteiger partial charge in [0.05, 0.1) is 13.0 Å². The molecule has 1 saturated heterocycles. The van der Waals surface area contributed by atoms with E-state index in [2.05, 4.69) is 21.6 Å².